The van der Waals surface area contributed by atoms with Crippen LogP contribution in [0.25, 0.3) is 0 Å². The summed E-state index contributed by atoms with van der Waals surface area (Å²) in [5.41, 5.74) is 0. The summed E-state index contributed by atoms with van der Waals surface area (Å²) in [4.78, 5) is 23.3. The first-order valence-electron chi connectivity index (χ1n) is 13.0. The molecule has 4 heteroatoms. The molecule has 0 aliphatic heterocycles. The number of esters is 2. The number of carbonyl (C=O) groups is 2. The largest absolute Gasteiger partial charge is 0.452 e. The molecule has 0 atom stereocenters. The Hall–Kier alpha value is -1.94. The van der Waals surface area contributed by atoms with Crippen LogP contribution in [-0.2, 0) is 19.1 Å². The molecule has 0 aromatic carbocycles. The van der Waals surface area contributed by atoms with Crippen molar-refractivity contribution in [2.75, 3.05) is 13.2 Å². The van der Waals surface area contributed by atoms with Gasteiger partial charge in [0.2, 0.25) is 0 Å². The highest BCUT2D eigenvalue weighted by Crippen LogP contribution is 2.10. The highest BCUT2D eigenvalue weighted by Gasteiger charge is 2.02. The lowest BCUT2D eigenvalue weighted by atomic mass is 10.1. The van der Waals surface area contributed by atoms with E-state index in [4.69, 9.17) is 9.47 Å². The Bertz CT molecular complexity index is 522. The third-order valence-electron chi connectivity index (χ3n) is 5.32. The lowest BCUT2D eigenvalue weighted by molar-refractivity contribution is -0.143. The summed E-state index contributed by atoms with van der Waals surface area (Å²) in [5, 5.41) is 0. The maximum absolute atomic E-state index is 11.6. The van der Waals surface area contributed by atoms with Crippen LogP contribution in [0.15, 0.2) is 0 Å². The maximum Gasteiger partial charge on any atom is 0.306 e. The molecule has 0 bridgehead atoms. The van der Waals surface area contributed by atoms with Crippen LogP contribution < -0.4 is 0 Å². The van der Waals surface area contributed by atoms with Gasteiger partial charge in [-0.1, -0.05) is 104 Å². The van der Waals surface area contributed by atoms with Crippen LogP contribution in [-0.4, -0.2) is 25.2 Å². The van der Waals surface area contributed by atoms with Gasteiger partial charge in [0, 0.05) is 12.8 Å². The normalized spacial score (nSPS) is 9.94. The molecule has 0 saturated heterocycles. The predicted molar refractivity (Wildman–Crippen MR) is 132 cm³/mol. The van der Waals surface area contributed by atoms with Gasteiger partial charge < -0.3 is 9.47 Å². The number of carbonyl (C=O) groups excluding carboxylic acids is 2. The second-order valence-corrected chi connectivity index (χ2v) is 8.37. The smallest absolute Gasteiger partial charge is 0.306 e. The molecule has 0 aliphatic rings. The Morgan fingerprint density at radius 2 is 0.812 bits per heavy atom. The highest BCUT2D eigenvalue weighted by molar-refractivity contribution is 5.69. The summed E-state index contributed by atoms with van der Waals surface area (Å²) in [6, 6.07) is 0. The van der Waals surface area contributed by atoms with Gasteiger partial charge in [-0.2, -0.15) is 0 Å². The Morgan fingerprint density at radius 1 is 0.500 bits per heavy atom. The topological polar surface area (TPSA) is 52.6 Å². The van der Waals surface area contributed by atoms with Crippen molar-refractivity contribution in [3.8, 4) is 23.7 Å². The standard InChI is InChI=1S/C28H46O4/c1-3-5-7-9-11-13-15-19-23-27(29)31-25-21-17-18-22-26-32-28(30)24-20-16-14-12-10-8-6-4-2/h3-16,19-20,23-26H2,1-2H3. The van der Waals surface area contributed by atoms with E-state index in [1.807, 2.05) is 0 Å². The molecule has 0 aliphatic carbocycles. The molecule has 0 aromatic rings. The van der Waals surface area contributed by atoms with Crippen molar-refractivity contribution in [2.45, 2.75) is 129 Å². The lowest BCUT2D eigenvalue weighted by Crippen LogP contribution is -2.04. The van der Waals surface area contributed by atoms with Gasteiger partial charge in [0.1, 0.15) is 0 Å². The Balaban J connectivity index is 3.52. The summed E-state index contributed by atoms with van der Waals surface area (Å²) in [5.74, 6) is 10.2. The van der Waals surface area contributed by atoms with Crippen LogP contribution in [0.1, 0.15) is 129 Å². The van der Waals surface area contributed by atoms with Crippen LogP contribution in [0, 0.1) is 23.7 Å². The second kappa shape index (κ2) is 25.3. The molecule has 0 fully saturated rings. The van der Waals surface area contributed by atoms with Gasteiger partial charge in [-0.25, -0.2) is 0 Å². The van der Waals surface area contributed by atoms with Crippen LogP contribution in [0.3, 0.4) is 0 Å². The minimum atomic E-state index is -0.201. The van der Waals surface area contributed by atoms with E-state index in [1.165, 1.54) is 77.0 Å². The summed E-state index contributed by atoms with van der Waals surface area (Å²) in [6.07, 6.45) is 20.2. The maximum atomic E-state index is 11.6. The van der Waals surface area contributed by atoms with Crippen molar-refractivity contribution in [2.24, 2.45) is 0 Å². The summed E-state index contributed by atoms with van der Waals surface area (Å²) in [7, 11) is 0. The van der Waals surface area contributed by atoms with Crippen molar-refractivity contribution in [1.82, 2.24) is 0 Å². The summed E-state index contributed by atoms with van der Waals surface area (Å²) < 4.78 is 10.1. The van der Waals surface area contributed by atoms with E-state index in [0.29, 0.717) is 12.8 Å². The third-order valence-corrected chi connectivity index (χ3v) is 5.32. The van der Waals surface area contributed by atoms with E-state index in [0.717, 1.165) is 25.7 Å². The minimum Gasteiger partial charge on any atom is -0.452 e. The van der Waals surface area contributed by atoms with Crippen LogP contribution >= 0.6 is 0 Å². The molecule has 0 rings (SSSR count). The van der Waals surface area contributed by atoms with Crippen molar-refractivity contribution >= 4 is 11.9 Å². The second-order valence-electron chi connectivity index (χ2n) is 8.37. The first-order chi connectivity index (χ1) is 15.7. The van der Waals surface area contributed by atoms with E-state index in [1.54, 1.807) is 0 Å². The van der Waals surface area contributed by atoms with Gasteiger partial charge in [0.05, 0.1) is 0 Å². The van der Waals surface area contributed by atoms with Crippen molar-refractivity contribution in [3.63, 3.8) is 0 Å². The predicted octanol–water partition coefficient (Wildman–Crippen LogP) is 7.14. The number of hydrogen-bond acceptors (Lipinski definition) is 4. The number of rotatable bonds is 20. The Kier molecular flexibility index (Phi) is 23.8. The zero-order chi connectivity index (χ0) is 23.5. The van der Waals surface area contributed by atoms with Gasteiger partial charge in [0.15, 0.2) is 13.2 Å². The molecule has 4 nitrogen and oxygen atoms in total. The monoisotopic (exact) mass is 446 g/mol. The third kappa shape index (κ3) is 24.3. The molecule has 0 unspecified atom stereocenters. The zero-order valence-electron chi connectivity index (χ0n) is 20.8. The minimum absolute atomic E-state index is 0.0583. The fraction of sp³-hybridized carbons (Fsp3) is 0.786. The van der Waals surface area contributed by atoms with Crippen LogP contribution in [0.4, 0.5) is 0 Å². The Morgan fingerprint density at radius 3 is 1.16 bits per heavy atom. The van der Waals surface area contributed by atoms with E-state index >= 15 is 0 Å². The van der Waals surface area contributed by atoms with Gasteiger partial charge in [0.25, 0.3) is 0 Å². The molecule has 0 heterocycles. The molecule has 0 amide bonds. The molecular formula is C28H46O4. The average molecular weight is 447 g/mol. The molecule has 182 valence electrons. The van der Waals surface area contributed by atoms with Crippen LogP contribution in [0.2, 0.25) is 0 Å². The Labute approximate surface area is 197 Å². The zero-order valence-corrected chi connectivity index (χ0v) is 20.8. The molecule has 0 spiro atoms. The quantitative estimate of drug-likeness (QED) is 0.113. The molecule has 0 saturated carbocycles. The van der Waals surface area contributed by atoms with E-state index in [9.17, 15) is 9.59 Å². The average Bonchev–Trinajstić information content (AvgIpc) is 2.79. The van der Waals surface area contributed by atoms with Crippen molar-refractivity contribution in [1.29, 1.82) is 0 Å². The van der Waals surface area contributed by atoms with Gasteiger partial charge in [-0.15, -0.1) is 0 Å². The summed E-state index contributed by atoms with van der Waals surface area (Å²) in [6.45, 7) is 4.56. The number of unbranched alkanes of at least 4 members (excludes halogenated alkanes) is 14. The van der Waals surface area contributed by atoms with Crippen LogP contribution in [0.5, 0.6) is 0 Å². The molecule has 0 radical (unpaired) electrons. The number of hydrogen-bond donors (Lipinski definition) is 0. The lowest BCUT2D eigenvalue weighted by Gasteiger charge is -2.02. The van der Waals surface area contributed by atoms with E-state index < -0.39 is 0 Å². The van der Waals surface area contributed by atoms with Gasteiger partial charge in [-0.3, -0.25) is 9.59 Å². The highest BCUT2D eigenvalue weighted by atomic mass is 16.5. The van der Waals surface area contributed by atoms with Crippen molar-refractivity contribution in [3.05, 3.63) is 0 Å². The first kappa shape index (κ1) is 30.1. The van der Waals surface area contributed by atoms with Crippen molar-refractivity contribution < 1.29 is 19.1 Å². The fourth-order valence-electron chi connectivity index (χ4n) is 3.34. The SMILES string of the molecule is CCCCCCCCCCC(=O)OCC#CC#CCOC(=O)CCCCCCCCCC. The van der Waals surface area contributed by atoms with Gasteiger partial charge in [-0.05, 0) is 36.5 Å². The molecule has 0 N–H and O–H groups in total. The molecular weight excluding hydrogens is 400 g/mol. The molecule has 0 aromatic heterocycles. The fourth-order valence-corrected chi connectivity index (χ4v) is 3.34. The summed E-state index contributed by atoms with van der Waals surface area (Å²) >= 11 is 0. The van der Waals surface area contributed by atoms with E-state index in [-0.39, 0.29) is 25.2 Å². The number of ether oxygens (including phenoxy) is 2. The first-order valence-corrected chi connectivity index (χ1v) is 13.0. The van der Waals surface area contributed by atoms with Gasteiger partial charge >= 0.3 is 11.9 Å². The van der Waals surface area contributed by atoms with E-state index in [2.05, 4.69) is 37.5 Å². The molecule has 32 heavy (non-hydrogen) atoms.